The van der Waals surface area contributed by atoms with Crippen LogP contribution in [-0.4, -0.2) is 33.6 Å². The van der Waals surface area contributed by atoms with Crippen LogP contribution >= 0.6 is 0 Å². The molecule has 3 heterocycles. The number of nitrogens with one attached hydrogen (secondary N) is 1. The molecule has 3 aromatic heterocycles. The molecule has 0 radical (unpaired) electrons. The minimum absolute atomic E-state index is 0.575. The van der Waals surface area contributed by atoms with E-state index < -0.39 is 0 Å². The molecular weight excluding hydrogens is 362 g/mol. The molecule has 6 nitrogen and oxygen atoms in total. The average molecular weight is 383 g/mol. The number of nitrogens with zero attached hydrogens (tertiary/aromatic N) is 4. The third-order valence-electron chi connectivity index (χ3n) is 4.42. The van der Waals surface area contributed by atoms with E-state index in [9.17, 15) is 0 Å². The number of ether oxygens (including phenoxy) is 1. The smallest absolute Gasteiger partial charge is 0.180 e. The lowest BCUT2D eigenvalue weighted by Gasteiger charge is -2.10. The van der Waals surface area contributed by atoms with E-state index in [1.807, 2.05) is 67.8 Å². The Bertz CT molecular complexity index is 1120. The fourth-order valence-corrected chi connectivity index (χ4v) is 3.02. The molecule has 0 aliphatic rings. The number of methoxy groups -OCH3 is 1. The predicted octanol–water partition coefficient (Wildman–Crippen LogP) is 4.71. The summed E-state index contributed by atoms with van der Waals surface area (Å²) >= 11 is 0. The van der Waals surface area contributed by atoms with Gasteiger partial charge in [0.05, 0.1) is 12.8 Å². The Morgan fingerprint density at radius 3 is 2.55 bits per heavy atom. The van der Waals surface area contributed by atoms with E-state index in [-0.39, 0.29) is 0 Å². The number of hydrogen-bond donors (Lipinski definition) is 1. The molecule has 29 heavy (non-hydrogen) atoms. The third kappa shape index (κ3) is 4.21. The third-order valence-corrected chi connectivity index (χ3v) is 4.42. The first-order valence-electron chi connectivity index (χ1n) is 9.41. The molecular formula is C23H21N5O. The molecule has 0 saturated carbocycles. The second-order valence-electron chi connectivity index (χ2n) is 6.40. The van der Waals surface area contributed by atoms with Crippen molar-refractivity contribution in [3.05, 3.63) is 73.2 Å². The molecule has 0 saturated heterocycles. The zero-order valence-electron chi connectivity index (χ0n) is 16.3. The summed E-state index contributed by atoms with van der Waals surface area (Å²) in [4.78, 5) is 18.2. The van der Waals surface area contributed by atoms with Crippen LogP contribution in [0.5, 0.6) is 5.75 Å². The SMILES string of the molecule is CCNc1cc(-c2cncc(-c3cccc(OC)c3)c2)nc(-c2ccccn2)n1. The Balaban J connectivity index is 1.79. The van der Waals surface area contributed by atoms with E-state index in [0.29, 0.717) is 5.82 Å². The quantitative estimate of drug-likeness (QED) is 0.520. The first kappa shape index (κ1) is 18.6. The molecule has 0 fully saturated rings. The Morgan fingerprint density at radius 1 is 0.862 bits per heavy atom. The molecule has 0 bridgehead atoms. The van der Waals surface area contributed by atoms with Crippen LogP contribution in [0.1, 0.15) is 6.92 Å². The van der Waals surface area contributed by atoms with Crippen molar-refractivity contribution >= 4 is 5.82 Å². The molecule has 4 aromatic rings. The maximum absolute atomic E-state index is 5.34. The van der Waals surface area contributed by atoms with E-state index >= 15 is 0 Å². The number of rotatable bonds is 6. The van der Waals surface area contributed by atoms with E-state index in [2.05, 4.69) is 26.3 Å². The molecule has 144 valence electrons. The molecule has 1 aromatic carbocycles. The van der Waals surface area contributed by atoms with Crippen LogP contribution in [0.3, 0.4) is 0 Å². The van der Waals surface area contributed by atoms with E-state index in [4.69, 9.17) is 9.72 Å². The molecule has 0 aliphatic heterocycles. The number of anilines is 1. The van der Waals surface area contributed by atoms with Crippen LogP contribution in [0.2, 0.25) is 0 Å². The van der Waals surface area contributed by atoms with Crippen molar-refractivity contribution < 1.29 is 4.74 Å². The first-order chi connectivity index (χ1) is 14.3. The van der Waals surface area contributed by atoms with Gasteiger partial charge in [-0.05, 0) is 42.8 Å². The summed E-state index contributed by atoms with van der Waals surface area (Å²) in [6.45, 7) is 2.80. The minimum Gasteiger partial charge on any atom is -0.497 e. The monoisotopic (exact) mass is 383 g/mol. The highest BCUT2D eigenvalue weighted by Gasteiger charge is 2.11. The molecule has 4 rings (SSSR count). The van der Waals surface area contributed by atoms with Gasteiger partial charge in [-0.2, -0.15) is 0 Å². The van der Waals surface area contributed by atoms with Crippen LogP contribution in [0.15, 0.2) is 73.2 Å². The van der Waals surface area contributed by atoms with Gasteiger partial charge in [0.1, 0.15) is 17.3 Å². The zero-order chi connectivity index (χ0) is 20.1. The van der Waals surface area contributed by atoms with Gasteiger partial charge in [0.15, 0.2) is 5.82 Å². The molecule has 6 heteroatoms. The second kappa shape index (κ2) is 8.48. The maximum atomic E-state index is 5.34. The number of benzene rings is 1. The van der Waals surface area contributed by atoms with E-state index in [1.54, 1.807) is 13.3 Å². The van der Waals surface area contributed by atoms with Crippen molar-refractivity contribution in [2.24, 2.45) is 0 Å². The summed E-state index contributed by atoms with van der Waals surface area (Å²) in [6.07, 6.45) is 5.39. The van der Waals surface area contributed by atoms with Gasteiger partial charge in [-0.1, -0.05) is 18.2 Å². The zero-order valence-corrected chi connectivity index (χ0v) is 16.3. The van der Waals surface area contributed by atoms with Crippen LogP contribution in [-0.2, 0) is 0 Å². The molecule has 0 amide bonds. The van der Waals surface area contributed by atoms with Crippen molar-refractivity contribution in [2.75, 3.05) is 19.0 Å². The normalized spacial score (nSPS) is 10.6. The van der Waals surface area contributed by atoms with Crippen LogP contribution in [0, 0.1) is 0 Å². The average Bonchev–Trinajstić information content (AvgIpc) is 2.80. The minimum atomic E-state index is 0.575. The van der Waals surface area contributed by atoms with Gasteiger partial charge in [0, 0.05) is 42.3 Å². The summed E-state index contributed by atoms with van der Waals surface area (Å²) in [5, 5.41) is 3.27. The van der Waals surface area contributed by atoms with Crippen LogP contribution in [0.25, 0.3) is 33.9 Å². The maximum Gasteiger partial charge on any atom is 0.180 e. The highest BCUT2D eigenvalue weighted by Crippen LogP contribution is 2.28. The van der Waals surface area contributed by atoms with Crippen molar-refractivity contribution in [1.29, 1.82) is 0 Å². The van der Waals surface area contributed by atoms with Gasteiger partial charge < -0.3 is 10.1 Å². The van der Waals surface area contributed by atoms with Gasteiger partial charge in [-0.15, -0.1) is 0 Å². The lowest BCUT2D eigenvalue weighted by atomic mass is 10.0. The van der Waals surface area contributed by atoms with Gasteiger partial charge in [0.2, 0.25) is 0 Å². The van der Waals surface area contributed by atoms with Crippen molar-refractivity contribution in [3.8, 4) is 39.7 Å². The molecule has 0 unspecified atom stereocenters. The highest BCUT2D eigenvalue weighted by molar-refractivity contribution is 5.73. The van der Waals surface area contributed by atoms with Gasteiger partial charge in [0.25, 0.3) is 0 Å². The summed E-state index contributed by atoms with van der Waals surface area (Å²) in [5.41, 5.74) is 4.44. The van der Waals surface area contributed by atoms with Crippen LogP contribution < -0.4 is 10.1 Å². The number of pyridine rings is 2. The van der Waals surface area contributed by atoms with Gasteiger partial charge in [-0.3, -0.25) is 9.97 Å². The first-order valence-corrected chi connectivity index (χ1v) is 9.41. The van der Waals surface area contributed by atoms with E-state index in [0.717, 1.165) is 46.2 Å². The molecule has 0 atom stereocenters. The molecule has 0 aliphatic carbocycles. The summed E-state index contributed by atoms with van der Waals surface area (Å²) in [7, 11) is 1.66. The molecule has 0 spiro atoms. The molecule has 1 N–H and O–H groups in total. The predicted molar refractivity (Wildman–Crippen MR) is 115 cm³/mol. The van der Waals surface area contributed by atoms with Crippen molar-refractivity contribution in [2.45, 2.75) is 6.92 Å². The van der Waals surface area contributed by atoms with Gasteiger partial charge in [-0.25, -0.2) is 9.97 Å². The van der Waals surface area contributed by atoms with Gasteiger partial charge >= 0.3 is 0 Å². The van der Waals surface area contributed by atoms with Crippen LogP contribution in [0.4, 0.5) is 5.82 Å². The van der Waals surface area contributed by atoms with Crippen molar-refractivity contribution in [1.82, 2.24) is 19.9 Å². The fraction of sp³-hybridized carbons (Fsp3) is 0.130. The second-order valence-corrected chi connectivity index (χ2v) is 6.40. The lowest BCUT2D eigenvalue weighted by Crippen LogP contribution is -2.03. The highest BCUT2D eigenvalue weighted by atomic mass is 16.5. The van der Waals surface area contributed by atoms with Crippen molar-refractivity contribution in [3.63, 3.8) is 0 Å². The lowest BCUT2D eigenvalue weighted by molar-refractivity contribution is 0.415. The number of hydrogen-bond acceptors (Lipinski definition) is 6. The summed E-state index contributed by atoms with van der Waals surface area (Å²) in [6, 6.07) is 17.6. The summed E-state index contributed by atoms with van der Waals surface area (Å²) < 4.78 is 5.34. The topological polar surface area (TPSA) is 72.8 Å². The standard InChI is InChI=1S/C23H21N5O/c1-3-25-22-13-21(27-23(28-22)20-9-4-5-10-26-20)18-11-17(14-24-15-18)16-7-6-8-19(12-16)29-2/h4-15H,3H2,1-2H3,(H,25,27,28). The Kier molecular flexibility index (Phi) is 5.42. The fourth-order valence-electron chi connectivity index (χ4n) is 3.02. The van der Waals surface area contributed by atoms with E-state index in [1.165, 1.54) is 0 Å². The Hall–Kier alpha value is -3.80. The Labute approximate surface area is 169 Å². The number of aromatic nitrogens is 4. The Morgan fingerprint density at radius 2 is 1.76 bits per heavy atom. The summed E-state index contributed by atoms with van der Waals surface area (Å²) in [5.74, 6) is 2.14. The largest absolute Gasteiger partial charge is 0.497 e.